The third-order valence-corrected chi connectivity index (χ3v) is 7.85. The van der Waals surface area contributed by atoms with Gasteiger partial charge in [-0.25, -0.2) is 0 Å². The molecule has 1 unspecified atom stereocenters. The zero-order chi connectivity index (χ0) is 17.8. The molecule has 0 saturated carbocycles. The first-order valence-electron chi connectivity index (χ1n) is 9.17. The molecule has 2 nitrogen and oxygen atoms in total. The molecular formula is C22H27NOSe. The summed E-state index contributed by atoms with van der Waals surface area (Å²) in [5.74, 6) is 0. The zero-order valence-electron chi connectivity index (χ0n) is 15.1. The topological polar surface area (TPSA) is 32.6 Å². The number of unbranched alkanes of at least 4 members (excludes halogenated alkanes) is 2. The number of aliphatic hydroxyl groups is 1. The molecule has 25 heavy (non-hydrogen) atoms. The first-order chi connectivity index (χ1) is 12.1. The average Bonchev–Trinajstić information content (AvgIpc) is 2.62. The molecule has 1 atom stereocenters. The molecule has 1 aliphatic heterocycles. The van der Waals surface area contributed by atoms with Gasteiger partial charge in [0.05, 0.1) is 0 Å². The Morgan fingerprint density at radius 3 is 2.04 bits per heavy atom. The molecule has 0 aromatic heterocycles. The molecule has 0 amide bonds. The van der Waals surface area contributed by atoms with E-state index in [1.54, 1.807) is 0 Å². The molecule has 132 valence electrons. The molecule has 0 aliphatic carbocycles. The molecule has 2 aromatic rings. The van der Waals surface area contributed by atoms with Gasteiger partial charge in [0.1, 0.15) is 0 Å². The van der Waals surface area contributed by atoms with Crippen LogP contribution in [-0.4, -0.2) is 30.4 Å². The van der Waals surface area contributed by atoms with Crippen LogP contribution in [-0.2, 0) is 4.31 Å². The van der Waals surface area contributed by atoms with Crippen molar-refractivity contribution in [1.29, 1.82) is 0 Å². The van der Waals surface area contributed by atoms with Gasteiger partial charge in [0.25, 0.3) is 0 Å². The van der Waals surface area contributed by atoms with Crippen LogP contribution in [0.25, 0.3) is 0 Å². The molecule has 2 aromatic carbocycles. The van der Waals surface area contributed by atoms with E-state index in [-0.39, 0.29) is 19.3 Å². The van der Waals surface area contributed by atoms with Crippen LogP contribution in [0.1, 0.15) is 57.1 Å². The normalized spacial score (nSPS) is 22.4. The van der Waals surface area contributed by atoms with Gasteiger partial charge in [-0.2, -0.15) is 0 Å². The van der Waals surface area contributed by atoms with Crippen molar-refractivity contribution in [2.75, 3.05) is 0 Å². The molecule has 1 heterocycles. The molecule has 0 spiro atoms. The van der Waals surface area contributed by atoms with Gasteiger partial charge in [0.2, 0.25) is 0 Å². The second-order valence-electron chi connectivity index (χ2n) is 7.02. The van der Waals surface area contributed by atoms with Crippen LogP contribution in [0.3, 0.4) is 0 Å². The minimum absolute atomic E-state index is 0.150. The summed E-state index contributed by atoms with van der Waals surface area (Å²) in [4.78, 5) is 4.73. The van der Waals surface area contributed by atoms with Crippen LogP contribution in [0.2, 0.25) is 0 Å². The number of hydrogen-bond donors (Lipinski definition) is 1. The third-order valence-electron chi connectivity index (χ3n) is 4.72. The summed E-state index contributed by atoms with van der Waals surface area (Å²) in [6.07, 6.45) is 5.24. The maximum absolute atomic E-state index is 11.0. The van der Waals surface area contributed by atoms with E-state index in [1.165, 1.54) is 28.6 Å². The number of rotatable bonds is 6. The van der Waals surface area contributed by atoms with Gasteiger partial charge >= 0.3 is 157 Å². The molecular weight excluding hydrogens is 373 g/mol. The quantitative estimate of drug-likeness (QED) is 0.552. The Kier molecular flexibility index (Phi) is 5.78. The summed E-state index contributed by atoms with van der Waals surface area (Å²) in [7, 11) is 0. The van der Waals surface area contributed by atoms with Gasteiger partial charge in [0.15, 0.2) is 0 Å². The van der Waals surface area contributed by atoms with E-state index >= 15 is 0 Å². The van der Waals surface area contributed by atoms with E-state index in [2.05, 4.69) is 67.6 Å². The Morgan fingerprint density at radius 1 is 0.960 bits per heavy atom. The fourth-order valence-electron chi connectivity index (χ4n) is 3.58. The molecule has 3 rings (SSSR count). The Labute approximate surface area is 157 Å². The summed E-state index contributed by atoms with van der Waals surface area (Å²) < 4.78 is 1.06. The Hall–Kier alpha value is -1.41. The van der Waals surface area contributed by atoms with Crippen molar-refractivity contribution >= 4 is 19.6 Å². The van der Waals surface area contributed by atoms with Crippen LogP contribution < -0.4 is 0 Å². The van der Waals surface area contributed by atoms with Crippen molar-refractivity contribution in [1.82, 2.24) is 0 Å². The predicted molar refractivity (Wildman–Crippen MR) is 106 cm³/mol. The SMILES string of the molecule is CCCCCC1=NC(C)(O)CC(c2ccccc2)(c2ccccc2)[Se]1. The van der Waals surface area contributed by atoms with Crippen molar-refractivity contribution < 1.29 is 5.11 Å². The van der Waals surface area contributed by atoms with E-state index in [0.29, 0.717) is 6.42 Å². The van der Waals surface area contributed by atoms with Gasteiger partial charge in [0, 0.05) is 0 Å². The monoisotopic (exact) mass is 401 g/mol. The Morgan fingerprint density at radius 2 is 1.52 bits per heavy atom. The first kappa shape index (κ1) is 18.4. The Balaban J connectivity index is 2.05. The predicted octanol–water partition coefficient (Wildman–Crippen LogP) is 4.73. The molecule has 0 radical (unpaired) electrons. The third kappa shape index (κ3) is 4.23. The maximum atomic E-state index is 11.0. The van der Waals surface area contributed by atoms with Crippen LogP contribution in [0.15, 0.2) is 65.7 Å². The first-order valence-corrected chi connectivity index (χ1v) is 10.9. The Bertz CT molecular complexity index is 670. The van der Waals surface area contributed by atoms with Crippen LogP contribution in [0.4, 0.5) is 0 Å². The van der Waals surface area contributed by atoms with E-state index < -0.39 is 5.72 Å². The number of nitrogens with zero attached hydrogens (tertiary/aromatic N) is 1. The van der Waals surface area contributed by atoms with Gasteiger partial charge in [-0.3, -0.25) is 0 Å². The summed E-state index contributed by atoms with van der Waals surface area (Å²) in [5.41, 5.74) is 1.58. The van der Waals surface area contributed by atoms with Crippen molar-refractivity contribution in [2.24, 2.45) is 4.99 Å². The van der Waals surface area contributed by atoms with Crippen LogP contribution in [0.5, 0.6) is 0 Å². The van der Waals surface area contributed by atoms with E-state index in [0.717, 1.165) is 12.8 Å². The molecule has 0 bridgehead atoms. The summed E-state index contributed by atoms with van der Waals surface area (Å²) in [6.45, 7) is 4.09. The van der Waals surface area contributed by atoms with Crippen LogP contribution in [0, 0.1) is 0 Å². The summed E-state index contributed by atoms with van der Waals surface area (Å²) in [5, 5.41) is 11.0. The summed E-state index contributed by atoms with van der Waals surface area (Å²) >= 11 is 0.186. The van der Waals surface area contributed by atoms with Crippen molar-refractivity contribution in [3.05, 3.63) is 71.8 Å². The molecule has 1 N–H and O–H groups in total. The van der Waals surface area contributed by atoms with Crippen molar-refractivity contribution in [3.63, 3.8) is 0 Å². The summed E-state index contributed by atoms with van der Waals surface area (Å²) in [6, 6.07) is 21.4. The van der Waals surface area contributed by atoms with E-state index in [1.807, 2.05) is 6.92 Å². The van der Waals surface area contributed by atoms with Crippen LogP contribution >= 0.6 is 0 Å². The number of hydrogen-bond acceptors (Lipinski definition) is 2. The molecule has 1 aliphatic rings. The molecule has 0 saturated heterocycles. The second-order valence-corrected chi connectivity index (χ2v) is 9.90. The van der Waals surface area contributed by atoms with E-state index in [9.17, 15) is 5.11 Å². The number of aliphatic imine (C=N–C) groups is 1. The zero-order valence-corrected chi connectivity index (χ0v) is 16.8. The average molecular weight is 400 g/mol. The van der Waals surface area contributed by atoms with Crippen molar-refractivity contribution in [3.8, 4) is 0 Å². The van der Waals surface area contributed by atoms with Crippen molar-refractivity contribution in [2.45, 2.75) is 56.0 Å². The second kappa shape index (κ2) is 7.86. The fraction of sp³-hybridized carbons (Fsp3) is 0.409. The number of benzene rings is 2. The standard InChI is InChI=1S/C22H27NOSe/c1-3-4-7-16-20-23-21(2,24)17-22(25-20,18-12-8-5-9-13-18)19-14-10-6-11-15-19/h5-6,8-15,24H,3-4,7,16-17H2,1-2H3. The van der Waals surface area contributed by atoms with E-state index in [4.69, 9.17) is 4.99 Å². The van der Waals surface area contributed by atoms with Gasteiger partial charge in [-0.05, 0) is 0 Å². The van der Waals surface area contributed by atoms with Gasteiger partial charge < -0.3 is 0 Å². The molecule has 3 heteroatoms. The van der Waals surface area contributed by atoms with Gasteiger partial charge in [-0.15, -0.1) is 0 Å². The molecule has 0 fully saturated rings. The fourth-order valence-corrected chi connectivity index (χ4v) is 7.24. The van der Waals surface area contributed by atoms with Gasteiger partial charge in [-0.1, -0.05) is 0 Å². The minimum atomic E-state index is -1.01.